The number of nitrogens with zero attached hydrogens (tertiary/aromatic N) is 4. The fraction of sp³-hybridized carbons (Fsp3) is 0.194. The lowest BCUT2D eigenvalue weighted by molar-refractivity contribution is 0.721. The molecule has 40 heavy (non-hydrogen) atoms. The van der Waals surface area contributed by atoms with Crippen LogP contribution in [0, 0.1) is 18.8 Å². The lowest BCUT2D eigenvalue weighted by Crippen LogP contribution is -2.25. The number of pyridine rings is 1. The van der Waals surface area contributed by atoms with E-state index in [2.05, 4.69) is 109 Å². The Balaban J connectivity index is 1.68. The zero-order valence-electron chi connectivity index (χ0n) is 23.9. The highest BCUT2D eigenvalue weighted by molar-refractivity contribution is 5.77. The van der Waals surface area contributed by atoms with Crippen molar-refractivity contribution in [1.82, 2.24) is 20.0 Å². The van der Waals surface area contributed by atoms with Crippen molar-refractivity contribution < 1.29 is 0 Å². The molecule has 0 radical (unpaired) electrons. The number of aromatic nitrogens is 4. The molecular formula is C36H36N4. The summed E-state index contributed by atoms with van der Waals surface area (Å²) in [5.41, 5.74) is 8.72. The van der Waals surface area contributed by atoms with Crippen LogP contribution in [0.4, 0.5) is 0 Å². The van der Waals surface area contributed by atoms with Gasteiger partial charge >= 0.3 is 0 Å². The molecule has 1 aromatic carbocycles. The molecule has 4 nitrogen and oxygen atoms in total. The summed E-state index contributed by atoms with van der Waals surface area (Å²) in [6.45, 7) is 14.4. The van der Waals surface area contributed by atoms with E-state index in [4.69, 9.17) is 4.98 Å². The maximum atomic E-state index is 4.69. The third kappa shape index (κ3) is 6.81. The number of aryl methyl sites for hydroxylation is 2. The summed E-state index contributed by atoms with van der Waals surface area (Å²) in [6, 6.07) is 12.4. The summed E-state index contributed by atoms with van der Waals surface area (Å²) >= 11 is 0. The van der Waals surface area contributed by atoms with Crippen LogP contribution < -0.4 is 10.4 Å². The zero-order valence-corrected chi connectivity index (χ0v) is 23.9. The Kier molecular flexibility index (Phi) is 9.44. The standard InChI is InChI=1S/C36H36N4/c1-7-9-10-11-15-26(3)27(4)20-21-29(8-2)31-18-13-12-17-30-22-23-32(25-33(30)24-31)36-35(38-39-40(36)6)34-19-14-16-28(5)37-34/h8,12-14,16-25H,3-4,10-11,15H2,1-2,5-6H3/b13-12+,17-12?,18-13?,21-20-,29-8+,30-17+,31-18+,31-24?,33-24?. The van der Waals surface area contributed by atoms with E-state index in [-0.39, 0.29) is 0 Å². The first-order valence-electron chi connectivity index (χ1n) is 13.6. The highest BCUT2D eigenvalue weighted by Crippen LogP contribution is 2.28. The predicted octanol–water partition coefficient (Wildman–Crippen LogP) is 6.72. The van der Waals surface area contributed by atoms with Crippen LogP contribution in [0.2, 0.25) is 0 Å². The Morgan fingerprint density at radius 3 is 2.65 bits per heavy atom. The quantitative estimate of drug-likeness (QED) is 0.177. The molecule has 2 heterocycles. The second-order valence-corrected chi connectivity index (χ2v) is 9.72. The van der Waals surface area contributed by atoms with Gasteiger partial charge in [0, 0.05) is 24.7 Å². The predicted molar refractivity (Wildman–Crippen MR) is 168 cm³/mol. The molecule has 1 aliphatic carbocycles. The average Bonchev–Trinajstić information content (AvgIpc) is 3.33. The number of unbranched alkanes of at least 4 members (excludes halogenated alkanes) is 1. The van der Waals surface area contributed by atoms with E-state index in [0.29, 0.717) is 0 Å². The van der Waals surface area contributed by atoms with E-state index in [9.17, 15) is 0 Å². The third-order valence-electron chi connectivity index (χ3n) is 6.81. The number of benzene rings is 1. The van der Waals surface area contributed by atoms with Crippen molar-refractivity contribution in [2.45, 2.75) is 40.0 Å². The third-order valence-corrected chi connectivity index (χ3v) is 6.81. The molecule has 200 valence electrons. The van der Waals surface area contributed by atoms with Gasteiger partial charge in [-0.05, 0) is 90.6 Å². The van der Waals surface area contributed by atoms with Crippen LogP contribution in [0.25, 0.3) is 34.8 Å². The van der Waals surface area contributed by atoms with Gasteiger partial charge in [-0.25, -0.2) is 4.68 Å². The van der Waals surface area contributed by atoms with Crippen LogP contribution >= 0.6 is 0 Å². The van der Waals surface area contributed by atoms with Gasteiger partial charge in [0.15, 0.2) is 0 Å². The Morgan fingerprint density at radius 2 is 1.88 bits per heavy atom. The largest absolute Gasteiger partial charge is 0.251 e. The fourth-order valence-corrected chi connectivity index (χ4v) is 4.58. The first-order chi connectivity index (χ1) is 19.4. The molecule has 0 saturated heterocycles. The van der Waals surface area contributed by atoms with Crippen molar-refractivity contribution in [2.75, 3.05) is 0 Å². The summed E-state index contributed by atoms with van der Waals surface area (Å²) in [4.78, 5) is 4.69. The Morgan fingerprint density at radius 1 is 1.05 bits per heavy atom. The zero-order chi connectivity index (χ0) is 28.5. The van der Waals surface area contributed by atoms with Gasteiger partial charge in [-0.2, -0.15) is 0 Å². The molecule has 0 amide bonds. The average molecular weight is 525 g/mol. The summed E-state index contributed by atoms with van der Waals surface area (Å²) in [6.07, 6.45) is 19.7. The first-order valence-corrected chi connectivity index (χ1v) is 13.6. The number of fused-ring (bicyclic) bond motifs is 1. The highest BCUT2D eigenvalue weighted by Gasteiger charge is 2.16. The van der Waals surface area contributed by atoms with Crippen molar-refractivity contribution in [2.24, 2.45) is 7.05 Å². The Labute approximate surface area is 237 Å². The molecule has 2 aromatic heterocycles. The van der Waals surface area contributed by atoms with Gasteiger partial charge in [-0.3, -0.25) is 4.98 Å². The summed E-state index contributed by atoms with van der Waals surface area (Å²) < 4.78 is 1.82. The fourth-order valence-electron chi connectivity index (χ4n) is 4.58. The van der Waals surface area contributed by atoms with Crippen LogP contribution in [-0.4, -0.2) is 20.0 Å². The molecule has 0 atom stereocenters. The highest BCUT2D eigenvalue weighted by atomic mass is 15.4. The number of hydrogen-bond donors (Lipinski definition) is 0. The molecule has 0 bridgehead atoms. The van der Waals surface area contributed by atoms with Crippen LogP contribution in [0.1, 0.15) is 38.8 Å². The van der Waals surface area contributed by atoms with Crippen molar-refractivity contribution in [1.29, 1.82) is 0 Å². The second kappa shape index (κ2) is 13.4. The van der Waals surface area contributed by atoms with Gasteiger partial charge in [-0.1, -0.05) is 79.1 Å². The van der Waals surface area contributed by atoms with Crippen molar-refractivity contribution >= 4 is 12.2 Å². The molecule has 4 rings (SSSR count). The molecule has 0 aliphatic heterocycles. The van der Waals surface area contributed by atoms with Crippen molar-refractivity contribution in [3.05, 3.63) is 124 Å². The normalized spacial score (nSPS) is 15.8. The van der Waals surface area contributed by atoms with E-state index in [1.807, 2.05) is 43.8 Å². The molecular weight excluding hydrogens is 488 g/mol. The molecule has 0 saturated carbocycles. The monoisotopic (exact) mass is 524 g/mol. The van der Waals surface area contributed by atoms with E-state index in [1.54, 1.807) is 0 Å². The van der Waals surface area contributed by atoms with Gasteiger partial charge in [0.2, 0.25) is 0 Å². The number of rotatable bonds is 9. The van der Waals surface area contributed by atoms with E-state index >= 15 is 0 Å². The second-order valence-electron chi connectivity index (χ2n) is 9.72. The van der Waals surface area contributed by atoms with Crippen molar-refractivity contribution in [3.8, 4) is 34.5 Å². The minimum absolute atomic E-state index is 0.772. The number of allylic oxidation sites excluding steroid dienone is 10. The maximum absolute atomic E-state index is 4.69. The molecule has 1 aliphatic rings. The SMILES string of the molecule is C=C(\C=C/C(=C\C)C1=C/C=C/C=c2\ccc(-c3c(-c4cccc(C)n4)nnn3C)cc2=C\1)C(=C)CCCC#CC. The topological polar surface area (TPSA) is 43.6 Å². The molecule has 0 unspecified atom stereocenters. The lowest BCUT2D eigenvalue weighted by atomic mass is 9.97. The molecule has 3 aromatic rings. The first kappa shape index (κ1) is 28.3. The molecule has 4 heteroatoms. The summed E-state index contributed by atoms with van der Waals surface area (Å²) in [7, 11) is 1.92. The van der Waals surface area contributed by atoms with Crippen LogP contribution in [0.3, 0.4) is 0 Å². The Hall–Kier alpha value is -4.75. The van der Waals surface area contributed by atoms with E-state index in [0.717, 1.165) is 80.3 Å². The molecule has 0 spiro atoms. The van der Waals surface area contributed by atoms with Gasteiger partial charge in [0.25, 0.3) is 0 Å². The smallest absolute Gasteiger partial charge is 0.139 e. The summed E-state index contributed by atoms with van der Waals surface area (Å²) in [5.74, 6) is 6.06. The van der Waals surface area contributed by atoms with Gasteiger partial charge < -0.3 is 0 Å². The number of hydrogen-bond acceptors (Lipinski definition) is 3. The lowest BCUT2D eigenvalue weighted by Gasteiger charge is -2.09. The van der Waals surface area contributed by atoms with Crippen LogP contribution in [0.5, 0.6) is 0 Å². The van der Waals surface area contributed by atoms with Crippen molar-refractivity contribution in [3.63, 3.8) is 0 Å². The minimum Gasteiger partial charge on any atom is -0.251 e. The van der Waals surface area contributed by atoms with E-state index in [1.165, 1.54) is 0 Å². The van der Waals surface area contributed by atoms with Gasteiger partial charge in [0.1, 0.15) is 5.69 Å². The van der Waals surface area contributed by atoms with Gasteiger partial charge in [-0.15, -0.1) is 16.9 Å². The van der Waals surface area contributed by atoms with E-state index < -0.39 is 0 Å². The van der Waals surface area contributed by atoms with Gasteiger partial charge in [0.05, 0.1) is 11.4 Å². The van der Waals surface area contributed by atoms with Crippen LogP contribution in [0.15, 0.2) is 108 Å². The van der Waals surface area contributed by atoms with Crippen LogP contribution in [-0.2, 0) is 7.05 Å². The molecule has 0 fully saturated rings. The summed E-state index contributed by atoms with van der Waals surface area (Å²) in [5, 5.41) is 11.0. The maximum Gasteiger partial charge on any atom is 0.139 e. The molecule has 0 N–H and O–H groups in total. The Bertz CT molecular complexity index is 1740. The minimum atomic E-state index is 0.772.